The van der Waals surface area contributed by atoms with Crippen LogP contribution in [0, 0.1) is 5.82 Å². The van der Waals surface area contributed by atoms with Crippen molar-refractivity contribution in [3.8, 4) is 0 Å². The summed E-state index contributed by atoms with van der Waals surface area (Å²) < 4.78 is 39.1. The molecule has 3 rings (SSSR count). The first-order valence-electron chi connectivity index (χ1n) is 8.35. The molecule has 0 fully saturated rings. The van der Waals surface area contributed by atoms with Gasteiger partial charge in [-0.3, -0.25) is 9.78 Å². The Morgan fingerprint density at radius 2 is 1.96 bits per heavy atom. The summed E-state index contributed by atoms with van der Waals surface area (Å²) in [5, 5.41) is 3.36. The Bertz CT molecular complexity index is 1050. The van der Waals surface area contributed by atoms with Crippen molar-refractivity contribution in [2.45, 2.75) is 9.46 Å². The minimum absolute atomic E-state index is 0.0987. The summed E-state index contributed by atoms with van der Waals surface area (Å²) >= 11 is 1.13. The number of nitrogens with one attached hydrogen (secondary N) is 1. The Balaban J connectivity index is 1.75. The van der Waals surface area contributed by atoms with Crippen molar-refractivity contribution < 1.29 is 17.6 Å². The molecular weight excluding hydrogens is 399 g/mol. The standard InChI is InChI=1S/C20H17FN2O3S2/c21-17-8-5-15(6-9-17)7-10-19(24)23-14-18(16-3-1-11-22-13-16)28(25,26)20-4-2-12-27-20/h1-13,18H,14H2,(H,23,24)/b10-7+/t18-/m0/s1. The predicted molar refractivity (Wildman–Crippen MR) is 107 cm³/mol. The summed E-state index contributed by atoms with van der Waals surface area (Å²) in [5.74, 6) is -0.806. The minimum atomic E-state index is -3.68. The summed E-state index contributed by atoms with van der Waals surface area (Å²) in [6, 6.07) is 12.2. The Kier molecular flexibility index (Phi) is 6.33. The van der Waals surface area contributed by atoms with Gasteiger partial charge in [-0.15, -0.1) is 11.3 Å². The molecule has 1 atom stereocenters. The van der Waals surface area contributed by atoms with Gasteiger partial charge in [-0.1, -0.05) is 24.3 Å². The first-order valence-corrected chi connectivity index (χ1v) is 10.8. The molecule has 2 aromatic heterocycles. The van der Waals surface area contributed by atoms with Gasteiger partial charge in [-0.2, -0.15) is 0 Å². The number of nitrogens with zero attached hydrogens (tertiary/aromatic N) is 1. The van der Waals surface area contributed by atoms with Crippen molar-refractivity contribution in [2.75, 3.05) is 6.54 Å². The molecule has 3 aromatic rings. The molecule has 0 saturated carbocycles. The fourth-order valence-electron chi connectivity index (χ4n) is 2.54. The molecule has 0 radical (unpaired) electrons. The van der Waals surface area contributed by atoms with Gasteiger partial charge in [0.05, 0.1) is 0 Å². The second-order valence-corrected chi connectivity index (χ2v) is 9.19. The lowest BCUT2D eigenvalue weighted by Crippen LogP contribution is -2.30. The summed E-state index contributed by atoms with van der Waals surface area (Å²) in [7, 11) is -3.68. The van der Waals surface area contributed by atoms with Crippen molar-refractivity contribution in [3.63, 3.8) is 0 Å². The van der Waals surface area contributed by atoms with E-state index in [0.29, 0.717) is 11.1 Å². The number of carbonyl (C=O) groups excluding carboxylic acids is 1. The number of rotatable bonds is 7. The fourth-order valence-corrected chi connectivity index (χ4v) is 5.39. The molecule has 1 aromatic carbocycles. The molecule has 0 spiro atoms. The van der Waals surface area contributed by atoms with Gasteiger partial charge >= 0.3 is 0 Å². The van der Waals surface area contributed by atoms with Crippen LogP contribution in [0.4, 0.5) is 4.39 Å². The van der Waals surface area contributed by atoms with E-state index in [0.717, 1.165) is 11.3 Å². The van der Waals surface area contributed by atoms with E-state index in [9.17, 15) is 17.6 Å². The second kappa shape index (κ2) is 8.90. The number of sulfone groups is 1. The van der Waals surface area contributed by atoms with E-state index in [1.54, 1.807) is 48.0 Å². The Morgan fingerprint density at radius 1 is 1.18 bits per heavy atom. The average Bonchev–Trinajstić information content (AvgIpc) is 3.24. The SMILES string of the molecule is O=C(/C=C/c1ccc(F)cc1)NC[C@@H](c1cccnc1)S(=O)(=O)c1cccs1. The lowest BCUT2D eigenvalue weighted by atomic mass is 10.2. The average molecular weight is 416 g/mol. The number of hydrogen-bond acceptors (Lipinski definition) is 5. The van der Waals surface area contributed by atoms with E-state index in [1.807, 2.05) is 0 Å². The molecule has 5 nitrogen and oxygen atoms in total. The predicted octanol–water partition coefficient (Wildman–Crippen LogP) is 3.63. The molecule has 0 saturated heterocycles. The zero-order chi connectivity index (χ0) is 20.0. The highest BCUT2D eigenvalue weighted by Crippen LogP contribution is 2.30. The van der Waals surface area contributed by atoms with E-state index in [-0.39, 0.29) is 16.6 Å². The summed E-state index contributed by atoms with van der Waals surface area (Å²) in [5.41, 5.74) is 1.16. The normalized spacial score (nSPS) is 12.8. The van der Waals surface area contributed by atoms with E-state index < -0.39 is 21.0 Å². The van der Waals surface area contributed by atoms with Gasteiger partial charge in [-0.25, -0.2) is 12.8 Å². The van der Waals surface area contributed by atoms with E-state index in [1.165, 1.54) is 30.5 Å². The number of benzene rings is 1. The maximum atomic E-state index is 13.0. The lowest BCUT2D eigenvalue weighted by Gasteiger charge is -2.17. The van der Waals surface area contributed by atoms with Crippen LogP contribution < -0.4 is 5.32 Å². The monoisotopic (exact) mass is 416 g/mol. The number of aromatic nitrogens is 1. The molecule has 8 heteroatoms. The topological polar surface area (TPSA) is 76.1 Å². The van der Waals surface area contributed by atoms with Crippen LogP contribution in [0.5, 0.6) is 0 Å². The first kappa shape index (κ1) is 19.9. The van der Waals surface area contributed by atoms with Crippen LogP contribution in [-0.2, 0) is 14.6 Å². The molecule has 0 aliphatic rings. The van der Waals surface area contributed by atoms with Crippen LogP contribution in [0.1, 0.15) is 16.4 Å². The van der Waals surface area contributed by atoms with Crippen molar-refractivity contribution in [1.29, 1.82) is 0 Å². The van der Waals surface area contributed by atoms with Crippen LogP contribution in [0.15, 0.2) is 76.6 Å². The van der Waals surface area contributed by atoms with Gasteiger partial charge in [0.1, 0.15) is 15.3 Å². The van der Waals surface area contributed by atoms with Gasteiger partial charge in [0.15, 0.2) is 9.84 Å². The number of thiophene rings is 1. The van der Waals surface area contributed by atoms with Gasteiger partial charge < -0.3 is 5.32 Å². The van der Waals surface area contributed by atoms with Crippen LogP contribution in [0.3, 0.4) is 0 Å². The number of amides is 1. The fraction of sp³-hybridized carbons (Fsp3) is 0.100. The largest absolute Gasteiger partial charge is 0.351 e. The number of halogens is 1. The van der Waals surface area contributed by atoms with Crippen LogP contribution in [-0.4, -0.2) is 25.9 Å². The molecule has 28 heavy (non-hydrogen) atoms. The second-order valence-electron chi connectivity index (χ2n) is 5.88. The highest BCUT2D eigenvalue weighted by Gasteiger charge is 2.30. The number of carbonyl (C=O) groups is 1. The molecule has 0 unspecified atom stereocenters. The van der Waals surface area contributed by atoms with E-state index >= 15 is 0 Å². The molecule has 1 amide bonds. The minimum Gasteiger partial charge on any atom is -0.351 e. The zero-order valence-electron chi connectivity index (χ0n) is 14.7. The van der Waals surface area contributed by atoms with Gasteiger partial charge in [0, 0.05) is 25.0 Å². The smallest absolute Gasteiger partial charge is 0.244 e. The molecule has 2 heterocycles. The molecule has 0 aliphatic carbocycles. The third-order valence-electron chi connectivity index (χ3n) is 3.97. The van der Waals surface area contributed by atoms with Gasteiger partial charge in [-0.05, 0) is 46.8 Å². The van der Waals surface area contributed by atoms with E-state index in [2.05, 4.69) is 10.3 Å². The highest BCUT2D eigenvalue weighted by molar-refractivity contribution is 7.93. The van der Waals surface area contributed by atoms with Crippen LogP contribution >= 0.6 is 11.3 Å². The number of hydrogen-bond donors (Lipinski definition) is 1. The van der Waals surface area contributed by atoms with Gasteiger partial charge in [0.2, 0.25) is 5.91 Å². The van der Waals surface area contributed by atoms with Crippen LogP contribution in [0.25, 0.3) is 6.08 Å². The highest BCUT2D eigenvalue weighted by atomic mass is 32.2. The Labute approximate surface area is 166 Å². The molecule has 144 valence electrons. The van der Waals surface area contributed by atoms with Crippen molar-refractivity contribution in [1.82, 2.24) is 10.3 Å². The molecule has 1 N–H and O–H groups in total. The zero-order valence-corrected chi connectivity index (χ0v) is 16.3. The summed E-state index contributed by atoms with van der Waals surface area (Å²) in [6.45, 7) is -0.0987. The van der Waals surface area contributed by atoms with E-state index in [4.69, 9.17) is 0 Å². The maximum absolute atomic E-state index is 13.0. The molecule has 0 bridgehead atoms. The van der Waals surface area contributed by atoms with Crippen LogP contribution in [0.2, 0.25) is 0 Å². The first-order chi connectivity index (χ1) is 13.5. The van der Waals surface area contributed by atoms with Crippen molar-refractivity contribution in [3.05, 3.63) is 89.3 Å². The Hall–Kier alpha value is -2.84. The maximum Gasteiger partial charge on any atom is 0.244 e. The Morgan fingerprint density at radius 3 is 2.61 bits per heavy atom. The summed E-state index contributed by atoms with van der Waals surface area (Å²) in [4.78, 5) is 16.1. The molecule has 0 aliphatic heterocycles. The third kappa shape index (κ3) is 4.90. The van der Waals surface area contributed by atoms with Crippen molar-refractivity contribution in [2.24, 2.45) is 0 Å². The summed E-state index contributed by atoms with van der Waals surface area (Å²) in [6.07, 6.45) is 5.85. The van der Waals surface area contributed by atoms with Gasteiger partial charge in [0.25, 0.3) is 0 Å². The quantitative estimate of drug-likeness (QED) is 0.597. The third-order valence-corrected chi connectivity index (χ3v) is 7.50. The van der Waals surface area contributed by atoms with Crippen molar-refractivity contribution >= 4 is 33.2 Å². The molecular formula is C20H17FN2O3S2. The lowest BCUT2D eigenvalue weighted by molar-refractivity contribution is -0.116. The number of pyridine rings is 1.